The molecule has 5 rings (SSSR count). The second-order valence-corrected chi connectivity index (χ2v) is 12.6. The highest BCUT2D eigenvalue weighted by Gasteiger charge is 2.30. The summed E-state index contributed by atoms with van der Waals surface area (Å²) >= 11 is 0. The number of likely N-dealkylation sites (tertiary alicyclic amines) is 1. The molecule has 1 amide bonds. The highest BCUT2D eigenvalue weighted by molar-refractivity contribution is 7.91. The van der Waals surface area contributed by atoms with E-state index in [4.69, 9.17) is 9.47 Å². The van der Waals surface area contributed by atoms with E-state index in [0.717, 1.165) is 0 Å². The molecular weight excluding hydrogens is 516 g/mol. The van der Waals surface area contributed by atoms with E-state index in [1.54, 1.807) is 48.2 Å². The zero-order valence-electron chi connectivity index (χ0n) is 20.1. The average Bonchev–Trinajstić information content (AvgIpc) is 3.37. The Labute approximate surface area is 216 Å². The highest BCUT2D eigenvalue weighted by atomic mass is 32.2. The molecule has 11 heteroatoms. The molecule has 0 aliphatic carbocycles. The first-order chi connectivity index (χ1) is 17.6. The maximum Gasteiger partial charge on any atom is 0.253 e. The van der Waals surface area contributed by atoms with Crippen molar-refractivity contribution in [2.75, 3.05) is 19.9 Å². The molecule has 2 aliphatic heterocycles. The Morgan fingerprint density at radius 2 is 1.57 bits per heavy atom. The van der Waals surface area contributed by atoms with Gasteiger partial charge in [-0.15, -0.1) is 0 Å². The first kappa shape index (κ1) is 25.2. The second kappa shape index (κ2) is 9.81. The summed E-state index contributed by atoms with van der Waals surface area (Å²) in [5.74, 6) is 0.968. The van der Waals surface area contributed by atoms with E-state index in [1.807, 2.05) is 0 Å². The molecule has 0 bridgehead atoms. The largest absolute Gasteiger partial charge is 0.454 e. The molecule has 0 saturated carbocycles. The molecule has 1 fully saturated rings. The molecule has 9 nitrogen and oxygen atoms in total. The van der Waals surface area contributed by atoms with E-state index in [2.05, 4.69) is 4.72 Å². The number of nitrogens with one attached hydrogen (secondary N) is 1. The number of amides is 1. The predicted octanol–water partition coefficient (Wildman–Crippen LogP) is 3.14. The molecule has 37 heavy (non-hydrogen) atoms. The summed E-state index contributed by atoms with van der Waals surface area (Å²) in [6.45, 7) is 2.50. The van der Waals surface area contributed by atoms with Gasteiger partial charge in [0, 0.05) is 24.7 Å². The standard InChI is InChI=1S/C26H26N2O7S2/c1-18-7-9-22(36(30,31)21-5-3-2-4-6-21)16-25(18)37(32,33)27-20-11-13-28(14-12-20)26(29)19-8-10-23-24(15-19)35-17-34-23/h2-10,15-16,20,27H,11-14,17H2,1H3. The van der Waals surface area contributed by atoms with Crippen molar-refractivity contribution < 1.29 is 31.1 Å². The summed E-state index contributed by atoms with van der Waals surface area (Å²) in [7, 11) is -7.87. The zero-order chi connectivity index (χ0) is 26.2. The number of sulfonamides is 1. The predicted molar refractivity (Wildman–Crippen MR) is 135 cm³/mol. The SMILES string of the molecule is Cc1ccc(S(=O)(=O)c2ccccc2)cc1S(=O)(=O)NC1CCN(C(=O)c2ccc3c(c2)OCO3)CC1. The quantitative estimate of drug-likeness (QED) is 0.508. The van der Waals surface area contributed by atoms with Crippen LogP contribution < -0.4 is 14.2 Å². The number of benzene rings is 3. The van der Waals surface area contributed by atoms with Crippen LogP contribution >= 0.6 is 0 Å². The van der Waals surface area contributed by atoms with Gasteiger partial charge in [0.05, 0.1) is 14.7 Å². The van der Waals surface area contributed by atoms with E-state index < -0.39 is 19.9 Å². The molecule has 0 atom stereocenters. The van der Waals surface area contributed by atoms with Crippen LogP contribution in [0, 0.1) is 6.92 Å². The van der Waals surface area contributed by atoms with Crippen LogP contribution in [0.2, 0.25) is 0 Å². The van der Waals surface area contributed by atoms with Crippen LogP contribution in [-0.4, -0.2) is 53.6 Å². The minimum Gasteiger partial charge on any atom is -0.454 e. The number of carbonyl (C=O) groups is 1. The minimum absolute atomic E-state index is 0.0802. The fourth-order valence-electron chi connectivity index (χ4n) is 4.47. The minimum atomic E-state index is -4.00. The van der Waals surface area contributed by atoms with Crippen LogP contribution in [-0.2, 0) is 19.9 Å². The number of carbonyl (C=O) groups excluding carboxylic acids is 1. The number of hydrogen-bond acceptors (Lipinski definition) is 7. The molecule has 1 N–H and O–H groups in total. The van der Waals surface area contributed by atoms with E-state index in [0.29, 0.717) is 48.6 Å². The topological polar surface area (TPSA) is 119 Å². The van der Waals surface area contributed by atoms with Crippen LogP contribution in [0.1, 0.15) is 28.8 Å². The van der Waals surface area contributed by atoms with E-state index in [1.165, 1.54) is 30.3 Å². The Balaban J connectivity index is 1.28. The maximum atomic E-state index is 13.3. The molecule has 0 unspecified atom stereocenters. The van der Waals surface area contributed by atoms with Crippen molar-refractivity contribution in [3.05, 3.63) is 77.9 Å². The molecule has 3 aromatic carbocycles. The van der Waals surface area contributed by atoms with Crippen LogP contribution in [0.4, 0.5) is 0 Å². The second-order valence-electron chi connectivity index (χ2n) is 9.00. The fourth-order valence-corrected chi connectivity index (χ4v) is 7.43. The fraction of sp³-hybridized carbons (Fsp3) is 0.269. The Kier molecular flexibility index (Phi) is 6.69. The summed E-state index contributed by atoms with van der Waals surface area (Å²) in [6, 6.07) is 16.6. The first-order valence-corrected chi connectivity index (χ1v) is 14.7. The molecule has 3 aromatic rings. The third kappa shape index (κ3) is 5.07. The number of rotatable bonds is 6. The number of aryl methyl sites for hydroxylation is 1. The summed E-state index contributed by atoms with van der Waals surface area (Å²) in [4.78, 5) is 14.5. The zero-order valence-corrected chi connectivity index (χ0v) is 21.7. The molecule has 0 spiro atoms. The monoisotopic (exact) mass is 542 g/mol. The van der Waals surface area contributed by atoms with Crippen molar-refractivity contribution in [1.82, 2.24) is 9.62 Å². The number of fused-ring (bicyclic) bond motifs is 1. The van der Waals surface area contributed by atoms with Crippen LogP contribution in [0.3, 0.4) is 0 Å². The maximum absolute atomic E-state index is 13.3. The third-order valence-electron chi connectivity index (χ3n) is 6.54. The van der Waals surface area contributed by atoms with Gasteiger partial charge in [-0.3, -0.25) is 4.79 Å². The molecule has 0 radical (unpaired) electrons. The van der Waals surface area contributed by atoms with Crippen molar-refractivity contribution in [2.45, 2.75) is 40.5 Å². The van der Waals surface area contributed by atoms with Crippen molar-refractivity contribution in [3.63, 3.8) is 0 Å². The summed E-state index contributed by atoms with van der Waals surface area (Å²) in [5.41, 5.74) is 0.922. The molecule has 2 heterocycles. The van der Waals surface area contributed by atoms with Gasteiger partial charge >= 0.3 is 0 Å². The van der Waals surface area contributed by atoms with Crippen molar-refractivity contribution in [2.24, 2.45) is 0 Å². The third-order valence-corrected chi connectivity index (χ3v) is 9.97. The van der Waals surface area contributed by atoms with E-state index in [-0.39, 0.29) is 33.4 Å². The lowest BCUT2D eigenvalue weighted by Crippen LogP contribution is -2.46. The molecule has 0 aromatic heterocycles. The van der Waals surface area contributed by atoms with Crippen molar-refractivity contribution in [1.29, 1.82) is 0 Å². The lowest BCUT2D eigenvalue weighted by Gasteiger charge is -2.32. The van der Waals surface area contributed by atoms with Crippen LogP contribution in [0.5, 0.6) is 11.5 Å². The number of sulfone groups is 1. The number of piperidine rings is 1. The molecule has 2 aliphatic rings. The van der Waals surface area contributed by atoms with Gasteiger partial charge < -0.3 is 14.4 Å². The van der Waals surface area contributed by atoms with Gasteiger partial charge in [-0.05, 0) is 67.8 Å². The van der Waals surface area contributed by atoms with E-state index in [9.17, 15) is 21.6 Å². The van der Waals surface area contributed by atoms with Gasteiger partial charge in [0.15, 0.2) is 11.5 Å². The lowest BCUT2D eigenvalue weighted by molar-refractivity contribution is 0.0711. The summed E-state index contributed by atoms with van der Waals surface area (Å²) in [6.07, 6.45) is 0.854. The highest BCUT2D eigenvalue weighted by Crippen LogP contribution is 2.33. The van der Waals surface area contributed by atoms with Crippen molar-refractivity contribution in [3.8, 4) is 11.5 Å². The number of nitrogens with zero attached hydrogens (tertiary/aromatic N) is 1. The summed E-state index contributed by atoms with van der Waals surface area (Å²) < 4.78 is 65.9. The Hall–Kier alpha value is -3.41. The smallest absolute Gasteiger partial charge is 0.253 e. The number of hydrogen-bond donors (Lipinski definition) is 1. The Bertz CT molecular complexity index is 1550. The molecule has 1 saturated heterocycles. The van der Waals surface area contributed by atoms with Crippen LogP contribution in [0.25, 0.3) is 0 Å². The first-order valence-electron chi connectivity index (χ1n) is 11.8. The lowest BCUT2D eigenvalue weighted by atomic mass is 10.0. The number of ether oxygens (including phenoxy) is 2. The van der Waals surface area contributed by atoms with Gasteiger partial charge in [0.1, 0.15) is 0 Å². The van der Waals surface area contributed by atoms with Gasteiger partial charge in [-0.25, -0.2) is 21.6 Å². The molecular formula is C26H26N2O7S2. The van der Waals surface area contributed by atoms with Gasteiger partial charge in [0.2, 0.25) is 26.7 Å². The van der Waals surface area contributed by atoms with Gasteiger partial charge in [0.25, 0.3) is 5.91 Å². The van der Waals surface area contributed by atoms with Crippen LogP contribution in [0.15, 0.2) is 81.4 Å². The van der Waals surface area contributed by atoms with Gasteiger partial charge in [-0.2, -0.15) is 0 Å². The molecule has 194 valence electrons. The van der Waals surface area contributed by atoms with Gasteiger partial charge in [-0.1, -0.05) is 24.3 Å². The van der Waals surface area contributed by atoms with E-state index >= 15 is 0 Å². The van der Waals surface area contributed by atoms with Crippen molar-refractivity contribution >= 4 is 25.8 Å². The average molecular weight is 543 g/mol. The Morgan fingerprint density at radius 3 is 2.30 bits per heavy atom. The Morgan fingerprint density at radius 1 is 0.865 bits per heavy atom. The normalized spacial score (nSPS) is 16.1. The summed E-state index contributed by atoms with van der Waals surface area (Å²) in [5, 5.41) is 0.